The van der Waals surface area contributed by atoms with Crippen LogP contribution < -0.4 is 15.5 Å². The molecule has 1 fully saturated rings. The number of anilines is 2. The first kappa shape index (κ1) is 17.5. The molecule has 1 saturated heterocycles. The van der Waals surface area contributed by atoms with E-state index in [1.807, 2.05) is 31.3 Å². The summed E-state index contributed by atoms with van der Waals surface area (Å²) in [5.74, 6) is 0.160. The summed E-state index contributed by atoms with van der Waals surface area (Å²) in [5.41, 5.74) is 1.61. The average Bonchev–Trinajstić information content (AvgIpc) is 2.85. The summed E-state index contributed by atoms with van der Waals surface area (Å²) in [6.45, 7) is 1.59. The molecule has 1 aliphatic heterocycles. The van der Waals surface area contributed by atoms with Crippen LogP contribution in [-0.2, 0) is 9.59 Å². The van der Waals surface area contributed by atoms with Crippen molar-refractivity contribution in [2.24, 2.45) is 0 Å². The van der Waals surface area contributed by atoms with Gasteiger partial charge in [-0.2, -0.15) is 0 Å². The zero-order chi connectivity index (χ0) is 14.4. The van der Waals surface area contributed by atoms with Gasteiger partial charge in [0.15, 0.2) is 0 Å². The Hall–Kier alpha value is -1.59. The molecular weight excluding hydrogens is 290 g/mol. The van der Waals surface area contributed by atoms with Gasteiger partial charge < -0.3 is 15.5 Å². The van der Waals surface area contributed by atoms with Crippen LogP contribution in [0.3, 0.4) is 0 Å². The van der Waals surface area contributed by atoms with Crippen LogP contribution in [0.5, 0.6) is 0 Å². The molecule has 2 amide bonds. The highest BCUT2D eigenvalue weighted by Crippen LogP contribution is 2.24. The number of hydrogen-bond donors (Lipinski definition) is 2. The van der Waals surface area contributed by atoms with Crippen LogP contribution in [-0.4, -0.2) is 32.0 Å². The molecule has 1 heterocycles. The Bertz CT molecular complexity index is 494. The Morgan fingerprint density at radius 1 is 1.38 bits per heavy atom. The lowest BCUT2D eigenvalue weighted by Gasteiger charge is -2.16. The number of carbonyl (C=O) groups excluding carboxylic acids is 2. The molecule has 1 aliphatic rings. The quantitative estimate of drug-likeness (QED) is 0.792. The van der Waals surface area contributed by atoms with E-state index in [0.29, 0.717) is 12.8 Å². The molecule has 0 bridgehead atoms. The SMILES string of the molecule is CNCCCC(=O)Nc1cccc(N2CCCC2=O)c1.Cl. The number of rotatable bonds is 6. The van der Waals surface area contributed by atoms with Crippen molar-refractivity contribution < 1.29 is 9.59 Å². The van der Waals surface area contributed by atoms with E-state index in [0.717, 1.165) is 37.3 Å². The van der Waals surface area contributed by atoms with Gasteiger partial charge in [-0.15, -0.1) is 12.4 Å². The van der Waals surface area contributed by atoms with Gasteiger partial charge in [0.05, 0.1) is 0 Å². The predicted octanol–water partition coefficient (Wildman–Crippen LogP) is 2.17. The molecule has 5 nitrogen and oxygen atoms in total. The van der Waals surface area contributed by atoms with Crippen molar-refractivity contribution in [1.29, 1.82) is 0 Å². The fourth-order valence-electron chi connectivity index (χ4n) is 2.32. The lowest BCUT2D eigenvalue weighted by molar-refractivity contribution is -0.117. The van der Waals surface area contributed by atoms with Crippen molar-refractivity contribution in [2.45, 2.75) is 25.7 Å². The molecule has 0 saturated carbocycles. The van der Waals surface area contributed by atoms with Crippen LogP contribution >= 0.6 is 12.4 Å². The fourth-order valence-corrected chi connectivity index (χ4v) is 2.32. The minimum atomic E-state index is 0. The number of halogens is 1. The van der Waals surface area contributed by atoms with Gasteiger partial charge in [0, 0.05) is 30.8 Å². The van der Waals surface area contributed by atoms with E-state index < -0.39 is 0 Å². The largest absolute Gasteiger partial charge is 0.326 e. The first-order chi connectivity index (χ1) is 9.70. The first-order valence-electron chi connectivity index (χ1n) is 7.05. The zero-order valence-electron chi connectivity index (χ0n) is 12.2. The Kier molecular flexibility index (Phi) is 7.19. The molecule has 1 aromatic rings. The minimum Gasteiger partial charge on any atom is -0.326 e. The van der Waals surface area contributed by atoms with Crippen molar-refractivity contribution in [1.82, 2.24) is 5.32 Å². The van der Waals surface area contributed by atoms with E-state index in [4.69, 9.17) is 0 Å². The fraction of sp³-hybridized carbons (Fsp3) is 0.467. The highest BCUT2D eigenvalue weighted by molar-refractivity contribution is 5.97. The van der Waals surface area contributed by atoms with Crippen LogP contribution in [0.15, 0.2) is 24.3 Å². The van der Waals surface area contributed by atoms with E-state index >= 15 is 0 Å². The van der Waals surface area contributed by atoms with Crippen LogP contribution in [0.2, 0.25) is 0 Å². The van der Waals surface area contributed by atoms with Gasteiger partial charge >= 0.3 is 0 Å². The molecule has 21 heavy (non-hydrogen) atoms. The number of nitrogens with zero attached hydrogens (tertiary/aromatic N) is 1. The first-order valence-corrected chi connectivity index (χ1v) is 7.05. The second kappa shape index (κ2) is 8.64. The van der Waals surface area contributed by atoms with E-state index in [1.54, 1.807) is 4.90 Å². The van der Waals surface area contributed by atoms with Gasteiger partial charge in [0.1, 0.15) is 0 Å². The van der Waals surface area contributed by atoms with Crippen molar-refractivity contribution in [3.63, 3.8) is 0 Å². The molecule has 0 unspecified atom stereocenters. The van der Waals surface area contributed by atoms with Gasteiger partial charge in [-0.1, -0.05) is 6.07 Å². The maximum absolute atomic E-state index is 11.8. The van der Waals surface area contributed by atoms with Crippen LogP contribution in [0.25, 0.3) is 0 Å². The Morgan fingerprint density at radius 3 is 2.86 bits per heavy atom. The number of nitrogens with one attached hydrogen (secondary N) is 2. The number of benzene rings is 1. The van der Waals surface area contributed by atoms with Crippen molar-refractivity contribution in [2.75, 3.05) is 30.4 Å². The smallest absolute Gasteiger partial charge is 0.227 e. The third kappa shape index (κ3) is 5.02. The normalized spacial score (nSPS) is 14.0. The van der Waals surface area contributed by atoms with E-state index in [9.17, 15) is 9.59 Å². The molecular formula is C15H22ClN3O2. The third-order valence-electron chi connectivity index (χ3n) is 3.35. The second-order valence-electron chi connectivity index (χ2n) is 4.95. The highest BCUT2D eigenvalue weighted by atomic mass is 35.5. The highest BCUT2D eigenvalue weighted by Gasteiger charge is 2.21. The van der Waals surface area contributed by atoms with Gasteiger partial charge in [-0.3, -0.25) is 9.59 Å². The molecule has 0 aromatic heterocycles. The van der Waals surface area contributed by atoms with Crippen molar-refractivity contribution in [3.8, 4) is 0 Å². The van der Waals surface area contributed by atoms with Gasteiger partial charge in [0.25, 0.3) is 0 Å². The van der Waals surface area contributed by atoms with Crippen molar-refractivity contribution in [3.05, 3.63) is 24.3 Å². The summed E-state index contributed by atoms with van der Waals surface area (Å²) in [6.07, 6.45) is 2.82. The summed E-state index contributed by atoms with van der Waals surface area (Å²) < 4.78 is 0. The monoisotopic (exact) mass is 311 g/mol. The maximum atomic E-state index is 11.8. The Morgan fingerprint density at radius 2 is 2.19 bits per heavy atom. The number of amides is 2. The number of hydrogen-bond acceptors (Lipinski definition) is 3. The lowest BCUT2D eigenvalue weighted by atomic mass is 10.2. The van der Waals surface area contributed by atoms with E-state index in [2.05, 4.69) is 10.6 Å². The second-order valence-corrected chi connectivity index (χ2v) is 4.95. The van der Waals surface area contributed by atoms with Gasteiger partial charge in [-0.05, 0) is 44.6 Å². The van der Waals surface area contributed by atoms with E-state index in [1.165, 1.54) is 0 Å². The average molecular weight is 312 g/mol. The number of carbonyl (C=O) groups is 2. The standard InChI is InChI=1S/C15H21N3O2.ClH/c1-16-9-3-7-14(19)17-12-5-2-6-13(11-12)18-10-4-8-15(18)20;/h2,5-6,11,16H,3-4,7-10H2,1H3,(H,17,19);1H. The lowest BCUT2D eigenvalue weighted by Crippen LogP contribution is -2.23. The summed E-state index contributed by atoms with van der Waals surface area (Å²) in [5, 5.41) is 5.89. The van der Waals surface area contributed by atoms with E-state index in [-0.39, 0.29) is 24.2 Å². The van der Waals surface area contributed by atoms with Crippen LogP contribution in [0.4, 0.5) is 11.4 Å². The third-order valence-corrected chi connectivity index (χ3v) is 3.35. The Balaban J connectivity index is 0.00000220. The molecule has 0 aliphatic carbocycles. The summed E-state index contributed by atoms with van der Waals surface area (Å²) in [6, 6.07) is 7.48. The molecule has 116 valence electrons. The molecule has 0 spiro atoms. The summed E-state index contributed by atoms with van der Waals surface area (Å²) in [4.78, 5) is 25.3. The molecule has 1 aromatic carbocycles. The molecule has 0 atom stereocenters. The van der Waals surface area contributed by atoms with Crippen LogP contribution in [0.1, 0.15) is 25.7 Å². The van der Waals surface area contributed by atoms with Crippen molar-refractivity contribution >= 4 is 35.6 Å². The minimum absolute atomic E-state index is 0. The topological polar surface area (TPSA) is 61.4 Å². The summed E-state index contributed by atoms with van der Waals surface area (Å²) >= 11 is 0. The van der Waals surface area contributed by atoms with Gasteiger partial charge in [-0.25, -0.2) is 0 Å². The Labute approximate surface area is 131 Å². The maximum Gasteiger partial charge on any atom is 0.227 e. The molecule has 0 radical (unpaired) electrons. The molecule has 6 heteroatoms. The zero-order valence-corrected chi connectivity index (χ0v) is 13.0. The molecule has 2 rings (SSSR count). The summed E-state index contributed by atoms with van der Waals surface area (Å²) in [7, 11) is 1.87. The van der Waals surface area contributed by atoms with Crippen LogP contribution in [0, 0.1) is 0 Å². The molecule has 2 N–H and O–H groups in total. The van der Waals surface area contributed by atoms with Gasteiger partial charge in [0.2, 0.25) is 11.8 Å². The predicted molar refractivity (Wildman–Crippen MR) is 87.1 cm³/mol.